The van der Waals surface area contributed by atoms with E-state index in [4.69, 9.17) is 4.74 Å². The Morgan fingerprint density at radius 1 is 0.914 bits per heavy atom. The number of rotatable bonds is 7. The topological polar surface area (TPSA) is 105 Å². The Balaban J connectivity index is 1.51. The lowest BCUT2D eigenvalue weighted by Gasteiger charge is -2.26. The maximum atomic E-state index is 13.0. The lowest BCUT2D eigenvalue weighted by molar-refractivity contribution is -0.146. The fraction of sp³-hybridized carbons (Fsp3) is 0.250. The number of carbonyl (C=O) groups excluding carboxylic acids is 2. The van der Waals surface area contributed by atoms with Gasteiger partial charge in [-0.05, 0) is 48.6 Å². The van der Waals surface area contributed by atoms with Gasteiger partial charge in [0.2, 0.25) is 5.91 Å². The summed E-state index contributed by atoms with van der Waals surface area (Å²) in [7, 11) is 0. The van der Waals surface area contributed by atoms with Crippen LogP contribution >= 0.6 is 0 Å². The zero-order valence-electron chi connectivity index (χ0n) is 19.9. The lowest BCUT2D eigenvalue weighted by Crippen LogP contribution is -2.53. The number of hydrogen-bond acceptors (Lipinski definition) is 4. The molecule has 180 valence electrons. The van der Waals surface area contributed by atoms with Crippen LogP contribution in [0.25, 0.3) is 11.1 Å². The zero-order chi connectivity index (χ0) is 25.2. The van der Waals surface area contributed by atoms with Gasteiger partial charge in [-0.25, -0.2) is 9.59 Å². The van der Waals surface area contributed by atoms with Crippen LogP contribution in [0.3, 0.4) is 0 Å². The molecule has 0 fully saturated rings. The van der Waals surface area contributed by atoms with Crippen molar-refractivity contribution >= 4 is 18.0 Å². The number of aryl methyl sites for hydroxylation is 1. The van der Waals surface area contributed by atoms with Crippen LogP contribution in [0.4, 0.5) is 4.79 Å². The number of benzene rings is 3. The van der Waals surface area contributed by atoms with Gasteiger partial charge in [0.25, 0.3) is 0 Å². The van der Waals surface area contributed by atoms with Gasteiger partial charge in [0.05, 0.1) is 0 Å². The molecule has 3 N–H and O–H groups in total. The van der Waals surface area contributed by atoms with Gasteiger partial charge < -0.3 is 20.5 Å². The van der Waals surface area contributed by atoms with Crippen molar-refractivity contribution in [3.63, 3.8) is 0 Å². The Hall–Kier alpha value is -4.13. The van der Waals surface area contributed by atoms with E-state index in [1.807, 2.05) is 55.5 Å². The molecule has 3 aromatic carbocycles. The van der Waals surface area contributed by atoms with E-state index in [2.05, 4.69) is 22.8 Å². The SMILES string of the molecule is Cc1ccc(C(NC(=O)OCC2c3ccccc3-c3ccccc32)C(=O)NC(C)(C)C(=O)O)cc1. The molecule has 0 saturated heterocycles. The Kier molecular flexibility index (Phi) is 6.60. The molecule has 0 bridgehead atoms. The minimum absolute atomic E-state index is 0.0999. The van der Waals surface area contributed by atoms with E-state index >= 15 is 0 Å². The fourth-order valence-electron chi connectivity index (χ4n) is 4.25. The molecule has 0 radical (unpaired) electrons. The van der Waals surface area contributed by atoms with Crippen molar-refractivity contribution in [1.82, 2.24) is 10.6 Å². The van der Waals surface area contributed by atoms with Crippen molar-refractivity contribution in [2.24, 2.45) is 0 Å². The summed E-state index contributed by atoms with van der Waals surface area (Å²) in [6.45, 7) is 4.77. The molecule has 1 unspecified atom stereocenters. The van der Waals surface area contributed by atoms with E-state index in [1.165, 1.54) is 13.8 Å². The third-order valence-electron chi connectivity index (χ3n) is 6.25. The smallest absolute Gasteiger partial charge is 0.408 e. The Morgan fingerprint density at radius 3 is 2.00 bits per heavy atom. The van der Waals surface area contributed by atoms with E-state index in [-0.39, 0.29) is 12.5 Å². The second-order valence-corrected chi connectivity index (χ2v) is 9.23. The van der Waals surface area contributed by atoms with Crippen LogP contribution in [0.15, 0.2) is 72.8 Å². The minimum Gasteiger partial charge on any atom is -0.480 e. The van der Waals surface area contributed by atoms with Gasteiger partial charge >= 0.3 is 12.1 Å². The first kappa shape index (κ1) is 24.0. The average Bonchev–Trinajstić information content (AvgIpc) is 3.15. The van der Waals surface area contributed by atoms with Crippen LogP contribution in [-0.2, 0) is 14.3 Å². The van der Waals surface area contributed by atoms with E-state index in [0.717, 1.165) is 27.8 Å². The van der Waals surface area contributed by atoms with Crippen LogP contribution in [0, 0.1) is 6.92 Å². The van der Waals surface area contributed by atoms with Gasteiger partial charge in [0.15, 0.2) is 0 Å². The zero-order valence-corrected chi connectivity index (χ0v) is 19.9. The van der Waals surface area contributed by atoms with Crippen LogP contribution in [0.2, 0.25) is 0 Å². The highest BCUT2D eigenvalue weighted by molar-refractivity contribution is 5.91. The minimum atomic E-state index is -1.51. The van der Waals surface area contributed by atoms with Crippen molar-refractivity contribution in [1.29, 1.82) is 0 Å². The van der Waals surface area contributed by atoms with Crippen LogP contribution in [0.5, 0.6) is 0 Å². The number of amides is 2. The summed E-state index contributed by atoms with van der Waals surface area (Å²) in [5, 5.41) is 14.5. The van der Waals surface area contributed by atoms with Gasteiger partial charge in [-0.3, -0.25) is 4.79 Å². The summed E-state index contributed by atoms with van der Waals surface area (Å²) in [5.41, 5.74) is 4.38. The number of ether oxygens (including phenoxy) is 1. The molecule has 3 aromatic rings. The molecule has 0 heterocycles. The second-order valence-electron chi connectivity index (χ2n) is 9.23. The number of carboxylic acid groups (broad SMARTS) is 1. The maximum absolute atomic E-state index is 13.0. The first-order valence-electron chi connectivity index (χ1n) is 11.4. The van der Waals surface area contributed by atoms with Gasteiger partial charge in [0, 0.05) is 5.92 Å². The van der Waals surface area contributed by atoms with E-state index < -0.39 is 29.6 Å². The Morgan fingerprint density at radius 2 is 1.46 bits per heavy atom. The van der Waals surface area contributed by atoms with Crippen molar-refractivity contribution in [2.75, 3.05) is 6.61 Å². The third-order valence-corrected chi connectivity index (χ3v) is 6.25. The van der Waals surface area contributed by atoms with Crippen LogP contribution in [-0.4, -0.2) is 35.2 Å². The largest absolute Gasteiger partial charge is 0.480 e. The molecule has 7 nitrogen and oxygen atoms in total. The third kappa shape index (κ3) is 5.04. The number of aliphatic carboxylic acids is 1. The quantitative estimate of drug-likeness (QED) is 0.468. The number of carbonyl (C=O) groups is 3. The monoisotopic (exact) mass is 472 g/mol. The molecule has 1 aliphatic rings. The van der Waals surface area contributed by atoms with Crippen molar-refractivity contribution in [2.45, 2.75) is 38.3 Å². The first-order valence-corrected chi connectivity index (χ1v) is 11.4. The van der Waals surface area contributed by atoms with Gasteiger partial charge in [-0.15, -0.1) is 0 Å². The number of fused-ring (bicyclic) bond motifs is 3. The maximum Gasteiger partial charge on any atom is 0.408 e. The standard InChI is InChI=1S/C28H28N2O5/c1-17-12-14-18(15-13-17)24(25(31)30-28(2,3)26(32)33)29-27(34)35-16-23-21-10-6-4-8-19(21)20-9-5-7-11-22(20)23/h4-15,23-24H,16H2,1-3H3,(H,29,34)(H,30,31)(H,32,33). The summed E-state index contributed by atoms with van der Waals surface area (Å²) < 4.78 is 5.60. The van der Waals surface area contributed by atoms with Crippen LogP contribution in [0.1, 0.15) is 48.1 Å². The predicted octanol–water partition coefficient (Wildman–Crippen LogP) is 4.55. The van der Waals surface area contributed by atoms with E-state index in [9.17, 15) is 19.5 Å². The molecule has 1 aliphatic carbocycles. The van der Waals surface area contributed by atoms with Gasteiger partial charge in [-0.2, -0.15) is 0 Å². The van der Waals surface area contributed by atoms with E-state index in [1.54, 1.807) is 12.1 Å². The lowest BCUT2D eigenvalue weighted by atomic mass is 9.98. The molecule has 0 spiro atoms. The summed E-state index contributed by atoms with van der Waals surface area (Å²) in [6, 6.07) is 22.0. The van der Waals surface area contributed by atoms with E-state index in [0.29, 0.717) is 5.56 Å². The highest BCUT2D eigenvalue weighted by Crippen LogP contribution is 2.44. The first-order chi connectivity index (χ1) is 16.7. The summed E-state index contributed by atoms with van der Waals surface area (Å²) in [4.78, 5) is 37.4. The number of alkyl carbamates (subject to hydrolysis) is 1. The van der Waals surface area contributed by atoms with Gasteiger partial charge in [0.1, 0.15) is 18.2 Å². The van der Waals surface area contributed by atoms with Crippen molar-refractivity contribution in [3.05, 3.63) is 95.1 Å². The second kappa shape index (κ2) is 9.62. The molecule has 0 aliphatic heterocycles. The average molecular weight is 473 g/mol. The number of nitrogens with one attached hydrogen (secondary N) is 2. The Labute approximate surface area is 204 Å². The molecule has 0 saturated carbocycles. The number of hydrogen-bond donors (Lipinski definition) is 3. The van der Waals surface area contributed by atoms with Crippen LogP contribution < -0.4 is 10.6 Å². The normalized spacial score (nSPS) is 13.3. The molecular formula is C28H28N2O5. The van der Waals surface area contributed by atoms with Crippen molar-refractivity contribution in [3.8, 4) is 11.1 Å². The number of carboxylic acids is 1. The predicted molar refractivity (Wildman–Crippen MR) is 132 cm³/mol. The molecule has 4 rings (SSSR count). The fourth-order valence-corrected chi connectivity index (χ4v) is 4.25. The molecule has 1 atom stereocenters. The Bertz CT molecular complexity index is 1220. The molecular weight excluding hydrogens is 444 g/mol. The highest BCUT2D eigenvalue weighted by Gasteiger charge is 2.34. The van der Waals surface area contributed by atoms with Crippen molar-refractivity contribution < 1.29 is 24.2 Å². The summed E-state index contributed by atoms with van der Waals surface area (Å²) in [5.74, 6) is -1.95. The van der Waals surface area contributed by atoms with Gasteiger partial charge in [-0.1, -0.05) is 78.4 Å². The summed E-state index contributed by atoms with van der Waals surface area (Å²) >= 11 is 0. The molecule has 0 aromatic heterocycles. The molecule has 7 heteroatoms. The molecule has 2 amide bonds. The molecule has 35 heavy (non-hydrogen) atoms. The highest BCUT2D eigenvalue weighted by atomic mass is 16.5. The summed E-state index contributed by atoms with van der Waals surface area (Å²) in [6.07, 6.45) is -0.763.